The summed E-state index contributed by atoms with van der Waals surface area (Å²) in [5.41, 5.74) is 0. The highest BCUT2D eigenvalue weighted by Crippen LogP contribution is 2.29. The number of amides is 1. The predicted molar refractivity (Wildman–Crippen MR) is 74.4 cm³/mol. The lowest BCUT2D eigenvalue weighted by Gasteiger charge is -2.35. The fourth-order valence-corrected chi connectivity index (χ4v) is 3.29. The zero-order chi connectivity index (χ0) is 14.5. The lowest BCUT2D eigenvalue weighted by Crippen LogP contribution is -2.51. The second-order valence-electron chi connectivity index (χ2n) is 6.12. The normalized spacial score (nSPS) is 27.8. The first kappa shape index (κ1) is 15.3. The molecular weight excluding hydrogens is 258 g/mol. The summed E-state index contributed by atoms with van der Waals surface area (Å²) in [4.78, 5) is 24.8. The molecule has 5 heteroatoms. The van der Waals surface area contributed by atoms with Gasteiger partial charge in [-0.25, -0.2) is 4.79 Å². The van der Waals surface area contributed by atoms with E-state index >= 15 is 0 Å². The van der Waals surface area contributed by atoms with Crippen LogP contribution in [0.15, 0.2) is 0 Å². The predicted octanol–water partition coefficient (Wildman–Crippen LogP) is 2.05. The molecule has 1 aliphatic carbocycles. The molecule has 1 aliphatic heterocycles. The molecule has 0 spiro atoms. The maximum Gasteiger partial charge on any atom is 0.334 e. The first-order chi connectivity index (χ1) is 9.56. The molecule has 2 atom stereocenters. The molecule has 0 bridgehead atoms. The molecule has 1 amide bonds. The van der Waals surface area contributed by atoms with Gasteiger partial charge in [0.1, 0.15) is 0 Å². The minimum absolute atomic E-state index is 0.0735. The summed E-state index contributed by atoms with van der Waals surface area (Å²) in [5.74, 6) is -0.108. The summed E-state index contributed by atoms with van der Waals surface area (Å²) < 4.78 is 5.32. The van der Waals surface area contributed by atoms with E-state index in [9.17, 15) is 9.59 Å². The van der Waals surface area contributed by atoms with Crippen LogP contribution in [0, 0.1) is 5.92 Å². The van der Waals surface area contributed by atoms with Crippen molar-refractivity contribution in [2.24, 2.45) is 5.92 Å². The van der Waals surface area contributed by atoms with Crippen LogP contribution in [0.2, 0.25) is 0 Å². The van der Waals surface area contributed by atoms with Crippen LogP contribution in [0.3, 0.4) is 0 Å². The second-order valence-corrected chi connectivity index (χ2v) is 6.12. The molecule has 1 unspecified atom stereocenters. The fraction of sp³-hybridized carbons (Fsp3) is 0.867. The Labute approximate surface area is 120 Å². The van der Waals surface area contributed by atoms with Crippen molar-refractivity contribution in [3.63, 3.8) is 0 Å². The highest BCUT2D eigenvalue weighted by molar-refractivity contribution is 5.78. The standard InChI is InChI=1S/C15H25NO4/c1-11-9-16(10-13(20-11)15(18)19)14(17)8-4-7-12-5-2-3-6-12/h11-13H,2-10H2,1H3,(H,18,19)/t11-,13?/m1/s1. The zero-order valence-corrected chi connectivity index (χ0v) is 12.2. The van der Waals surface area contributed by atoms with E-state index in [4.69, 9.17) is 9.84 Å². The van der Waals surface area contributed by atoms with Crippen LogP contribution in [0.1, 0.15) is 51.9 Å². The molecule has 0 radical (unpaired) electrons. The van der Waals surface area contributed by atoms with E-state index in [1.807, 2.05) is 6.92 Å². The van der Waals surface area contributed by atoms with Gasteiger partial charge in [-0.05, 0) is 25.7 Å². The quantitative estimate of drug-likeness (QED) is 0.838. The van der Waals surface area contributed by atoms with Gasteiger partial charge in [0.15, 0.2) is 6.10 Å². The summed E-state index contributed by atoms with van der Waals surface area (Å²) in [6, 6.07) is 0. The number of carbonyl (C=O) groups is 2. The summed E-state index contributed by atoms with van der Waals surface area (Å²) in [5, 5.41) is 9.01. The van der Waals surface area contributed by atoms with Crippen LogP contribution >= 0.6 is 0 Å². The summed E-state index contributed by atoms with van der Waals surface area (Å²) in [6.07, 6.45) is 6.80. The lowest BCUT2D eigenvalue weighted by atomic mass is 10.0. The molecule has 2 fully saturated rings. The van der Waals surface area contributed by atoms with E-state index in [1.54, 1.807) is 4.90 Å². The van der Waals surface area contributed by atoms with Gasteiger partial charge < -0.3 is 14.7 Å². The number of carboxylic acid groups (broad SMARTS) is 1. The number of carboxylic acids is 1. The van der Waals surface area contributed by atoms with Crippen molar-refractivity contribution in [2.45, 2.75) is 64.1 Å². The first-order valence-electron chi connectivity index (χ1n) is 7.72. The minimum Gasteiger partial charge on any atom is -0.479 e. The van der Waals surface area contributed by atoms with Gasteiger partial charge in [0.2, 0.25) is 5.91 Å². The van der Waals surface area contributed by atoms with Crippen molar-refractivity contribution in [1.82, 2.24) is 4.90 Å². The van der Waals surface area contributed by atoms with E-state index in [0.717, 1.165) is 18.8 Å². The number of hydrogen-bond acceptors (Lipinski definition) is 3. The Hall–Kier alpha value is -1.10. The third-order valence-corrected chi connectivity index (χ3v) is 4.37. The van der Waals surface area contributed by atoms with E-state index in [2.05, 4.69) is 0 Å². The molecule has 1 saturated heterocycles. The molecule has 5 nitrogen and oxygen atoms in total. The Kier molecular flexibility index (Phi) is 5.40. The molecular formula is C15H25NO4. The van der Waals surface area contributed by atoms with Crippen LogP contribution in [0.5, 0.6) is 0 Å². The second kappa shape index (κ2) is 7.07. The Morgan fingerprint density at radius 3 is 2.60 bits per heavy atom. The van der Waals surface area contributed by atoms with Crippen LogP contribution in [0.25, 0.3) is 0 Å². The third kappa shape index (κ3) is 4.20. The van der Waals surface area contributed by atoms with Gasteiger partial charge >= 0.3 is 5.97 Å². The number of ether oxygens (including phenoxy) is 1. The average Bonchev–Trinajstić information content (AvgIpc) is 2.91. The molecule has 0 aromatic rings. The first-order valence-corrected chi connectivity index (χ1v) is 7.72. The van der Waals surface area contributed by atoms with Crippen LogP contribution < -0.4 is 0 Å². The Bertz CT molecular complexity index is 352. The van der Waals surface area contributed by atoms with Crippen molar-refractivity contribution < 1.29 is 19.4 Å². The molecule has 114 valence electrons. The number of nitrogens with zero attached hydrogens (tertiary/aromatic N) is 1. The highest BCUT2D eigenvalue weighted by Gasteiger charge is 2.32. The molecule has 1 saturated carbocycles. The van der Waals surface area contributed by atoms with Crippen LogP contribution in [-0.4, -0.2) is 47.2 Å². The molecule has 0 aromatic carbocycles. The Morgan fingerprint density at radius 2 is 1.95 bits per heavy atom. The van der Waals surface area contributed by atoms with Crippen molar-refractivity contribution in [1.29, 1.82) is 0 Å². The van der Waals surface area contributed by atoms with Crippen LogP contribution in [-0.2, 0) is 14.3 Å². The molecule has 20 heavy (non-hydrogen) atoms. The Balaban J connectivity index is 1.74. The van der Waals surface area contributed by atoms with Crippen LogP contribution in [0.4, 0.5) is 0 Å². The molecule has 1 heterocycles. The van der Waals surface area contributed by atoms with E-state index < -0.39 is 12.1 Å². The monoisotopic (exact) mass is 283 g/mol. The van der Waals surface area contributed by atoms with Gasteiger partial charge in [-0.15, -0.1) is 0 Å². The van der Waals surface area contributed by atoms with Crippen molar-refractivity contribution in [3.8, 4) is 0 Å². The maximum absolute atomic E-state index is 12.2. The maximum atomic E-state index is 12.2. The van der Waals surface area contributed by atoms with Gasteiger partial charge in [-0.2, -0.15) is 0 Å². The van der Waals surface area contributed by atoms with Gasteiger partial charge in [0.25, 0.3) is 0 Å². The number of carbonyl (C=O) groups excluding carboxylic acids is 1. The number of hydrogen-bond donors (Lipinski definition) is 1. The van der Waals surface area contributed by atoms with Gasteiger partial charge in [0.05, 0.1) is 12.6 Å². The van der Waals surface area contributed by atoms with Gasteiger partial charge in [-0.3, -0.25) is 4.79 Å². The topological polar surface area (TPSA) is 66.8 Å². The van der Waals surface area contributed by atoms with Gasteiger partial charge in [-0.1, -0.05) is 25.7 Å². The number of rotatable bonds is 5. The smallest absolute Gasteiger partial charge is 0.334 e. The highest BCUT2D eigenvalue weighted by atomic mass is 16.5. The number of morpholine rings is 1. The molecule has 0 aromatic heterocycles. The van der Waals surface area contributed by atoms with E-state index in [1.165, 1.54) is 25.7 Å². The molecule has 2 rings (SSSR count). The molecule has 2 aliphatic rings. The lowest BCUT2D eigenvalue weighted by molar-refractivity contribution is -0.166. The largest absolute Gasteiger partial charge is 0.479 e. The van der Waals surface area contributed by atoms with Gasteiger partial charge in [0, 0.05) is 13.0 Å². The fourth-order valence-electron chi connectivity index (χ4n) is 3.29. The van der Waals surface area contributed by atoms with E-state index in [0.29, 0.717) is 13.0 Å². The van der Waals surface area contributed by atoms with Crippen molar-refractivity contribution in [3.05, 3.63) is 0 Å². The van der Waals surface area contributed by atoms with Crippen molar-refractivity contribution in [2.75, 3.05) is 13.1 Å². The SMILES string of the molecule is C[C@@H]1CN(C(=O)CCCC2CCCC2)CC(C(=O)O)O1. The van der Waals surface area contributed by atoms with E-state index in [-0.39, 0.29) is 18.6 Å². The average molecular weight is 283 g/mol. The third-order valence-electron chi connectivity index (χ3n) is 4.37. The van der Waals surface area contributed by atoms with Crippen molar-refractivity contribution >= 4 is 11.9 Å². The summed E-state index contributed by atoms with van der Waals surface area (Å²) in [6.45, 7) is 2.50. The zero-order valence-electron chi connectivity index (χ0n) is 12.2. The Morgan fingerprint density at radius 1 is 1.25 bits per heavy atom. The molecule has 1 N–H and O–H groups in total. The number of aliphatic carboxylic acids is 1. The summed E-state index contributed by atoms with van der Waals surface area (Å²) in [7, 11) is 0. The minimum atomic E-state index is -0.986. The summed E-state index contributed by atoms with van der Waals surface area (Å²) >= 11 is 0.